The van der Waals surface area contributed by atoms with Gasteiger partial charge >= 0.3 is 0 Å². The van der Waals surface area contributed by atoms with Gasteiger partial charge in [-0.1, -0.05) is 19.1 Å². The normalized spacial score (nSPS) is 17.6. The molecule has 4 rings (SSSR count). The van der Waals surface area contributed by atoms with E-state index < -0.39 is 17.1 Å². The molecule has 8 heteroatoms. The summed E-state index contributed by atoms with van der Waals surface area (Å²) < 4.78 is 5.40. The number of hydrogen-bond donors (Lipinski definition) is 1. The van der Waals surface area contributed by atoms with Crippen LogP contribution < -0.4 is 15.0 Å². The highest BCUT2D eigenvalue weighted by Gasteiger charge is 2.36. The Morgan fingerprint density at radius 1 is 1.11 bits per heavy atom. The average Bonchev–Trinajstić information content (AvgIpc) is 3.10. The monoisotopic (exact) mass is 519 g/mol. The molecule has 0 saturated carbocycles. The van der Waals surface area contributed by atoms with E-state index in [9.17, 15) is 14.4 Å². The van der Waals surface area contributed by atoms with Gasteiger partial charge in [-0.05, 0) is 99.5 Å². The number of thioether (sulfide) groups is 1. The summed E-state index contributed by atoms with van der Waals surface area (Å²) in [6.07, 6.45) is 5.04. The maximum absolute atomic E-state index is 13.0. The zero-order chi connectivity index (χ0) is 26.7. The van der Waals surface area contributed by atoms with Crippen molar-refractivity contribution < 1.29 is 19.1 Å². The lowest BCUT2D eigenvalue weighted by atomic mass is 9.88. The molecule has 2 aliphatic rings. The zero-order valence-corrected chi connectivity index (χ0v) is 22.8. The first-order chi connectivity index (χ1) is 17.6. The second-order valence-electron chi connectivity index (χ2n) is 9.68. The van der Waals surface area contributed by atoms with Crippen molar-refractivity contribution in [1.82, 2.24) is 4.90 Å². The van der Waals surface area contributed by atoms with Crippen LogP contribution in [-0.2, 0) is 9.59 Å². The van der Waals surface area contributed by atoms with Crippen molar-refractivity contribution in [3.05, 3.63) is 64.6 Å². The van der Waals surface area contributed by atoms with E-state index in [0.29, 0.717) is 22.9 Å². The highest BCUT2D eigenvalue weighted by Crippen LogP contribution is 2.40. The Morgan fingerprint density at radius 3 is 2.51 bits per heavy atom. The standard InChI is InChI=1S/C29H33N3O4S/c1-6-14-32-24-13-8-20(15-23(24)19(3)17-29(32,4)5)16-25-27(34)31(28(35)37-25)18-26(33)30-21-9-11-22(12-10-21)36-7-2/h8-13,15-17H,6-7,14,18H2,1-5H3,(H,30,33)/b25-16+. The molecular formula is C29H33N3O4S. The van der Waals surface area contributed by atoms with Crippen molar-refractivity contribution in [2.45, 2.75) is 46.6 Å². The minimum absolute atomic E-state index is 0.0802. The SMILES string of the molecule is CCCN1c2ccc(/C=C3/SC(=O)N(CC(=O)Nc4ccc(OCC)cc4)C3=O)cc2C(C)=CC1(C)C. The summed E-state index contributed by atoms with van der Waals surface area (Å²) in [4.78, 5) is 41.8. The van der Waals surface area contributed by atoms with Gasteiger partial charge in [0.1, 0.15) is 12.3 Å². The van der Waals surface area contributed by atoms with Crippen LogP contribution in [0.3, 0.4) is 0 Å². The molecule has 2 aliphatic heterocycles. The van der Waals surface area contributed by atoms with Crippen LogP contribution in [0.2, 0.25) is 0 Å². The second-order valence-corrected chi connectivity index (χ2v) is 10.7. The quantitative estimate of drug-likeness (QED) is 0.420. The van der Waals surface area contributed by atoms with Crippen LogP contribution in [0.15, 0.2) is 53.4 Å². The van der Waals surface area contributed by atoms with Crippen molar-refractivity contribution in [2.75, 3.05) is 29.9 Å². The summed E-state index contributed by atoms with van der Waals surface area (Å²) in [6.45, 7) is 11.7. The number of carbonyl (C=O) groups is 3. The first-order valence-electron chi connectivity index (χ1n) is 12.5. The molecule has 0 spiro atoms. The van der Waals surface area contributed by atoms with Crippen molar-refractivity contribution in [3.8, 4) is 5.75 Å². The lowest BCUT2D eigenvalue weighted by molar-refractivity contribution is -0.127. The molecular weight excluding hydrogens is 486 g/mol. The summed E-state index contributed by atoms with van der Waals surface area (Å²) in [7, 11) is 0. The molecule has 37 heavy (non-hydrogen) atoms. The number of fused-ring (bicyclic) bond motifs is 1. The van der Waals surface area contributed by atoms with Crippen LogP contribution in [0.5, 0.6) is 5.75 Å². The molecule has 0 radical (unpaired) electrons. The topological polar surface area (TPSA) is 79.0 Å². The molecule has 0 bridgehead atoms. The van der Waals surface area contributed by atoms with E-state index in [2.05, 4.69) is 56.1 Å². The predicted molar refractivity (Wildman–Crippen MR) is 151 cm³/mol. The summed E-state index contributed by atoms with van der Waals surface area (Å²) in [5, 5.41) is 2.27. The van der Waals surface area contributed by atoms with Crippen LogP contribution in [0.4, 0.5) is 16.2 Å². The molecule has 0 aliphatic carbocycles. The maximum Gasteiger partial charge on any atom is 0.294 e. The van der Waals surface area contributed by atoms with Gasteiger partial charge in [0.25, 0.3) is 11.1 Å². The summed E-state index contributed by atoms with van der Waals surface area (Å²) in [5.74, 6) is -0.206. The van der Waals surface area contributed by atoms with Gasteiger partial charge in [-0.3, -0.25) is 19.3 Å². The Labute approximate surface area is 222 Å². The fourth-order valence-corrected chi connectivity index (χ4v) is 5.59. The Bertz CT molecular complexity index is 1280. The van der Waals surface area contributed by atoms with E-state index in [-0.39, 0.29) is 12.1 Å². The smallest absolute Gasteiger partial charge is 0.294 e. The summed E-state index contributed by atoms with van der Waals surface area (Å²) >= 11 is 0.856. The first-order valence-corrected chi connectivity index (χ1v) is 13.3. The van der Waals surface area contributed by atoms with E-state index in [0.717, 1.165) is 40.8 Å². The molecule has 0 atom stereocenters. The molecule has 1 N–H and O–H groups in total. The highest BCUT2D eigenvalue weighted by molar-refractivity contribution is 8.18. The number of ether oxygens (including phenoxy) is 1. The molecule has 3 amide bonds. The van der Waals surface area contributed by atoms with Crippen LogP contribution in [0.1, 0.15) is 52.2 Å². The summed E-state index contributed by atoms with van der Waals surface area (Å²) in [5.41, 5.74) is 4.80. The third-order valence-corrected chi connectivity index (χ3v) is 7.28. The highest BCUT2D eigenvalue weighted by atomic mass is 32.2. The Balaban J connectivity index is 1.48. The number of allylic oxidation sites excluding steroid dienone is 1. The lowest BCUT2D eigenvalue weighted by Gasteiger charge is -2.43. The van der Waals surface area contributed by atoms with E-state index >= 15 is 0 Å². The van der Waals surface area contributed by atoms with Gasteiger partial charge in [0.05, 0.1) is 17.1 Å². The predicted octanol–water partition coefficient (Wildman–Crippen LogP) is 6.17. The van der Waals surface area contributed by atoms with E-state index in [1.54, 1.807) is 30.3 Å². The van der Waals surface area contributed by atoms with Gasteiger partial charge in [0.2, 0.25) is 5.91 Å². The third kappa shape index (κ3) is 5.74. The molecule has 7 nitrogen and oxygen atoms in total. The van der Waals surface area contributed by atoms with Crippen molar-refractivity contribution >= 4 is 51.8 Å². The first kappa shape index (κ1) is 26.5. The zero-order valence-electron chi connectivity index (χ0n) is 22.0. The lowest BCUT2D eigenvalue weighted by Crippen LogP contribution is -2.45. The van der Waals surface area contributed by atoms with Gasteiger partial charge in [-0.2, -0.15) is 0 Å². The van der Waals surface area contributed by atoms with E-state index in [1.807, 2.05) is 13.0 Å². The van der Waals surface area contributed by atoms with Crippen LogP contribution in [0, 0.1) is 0 Å². The molecule has 194 valence electrons. The molecule has 1 saturated heterocycles. The van der Waals surface area contributed by atoms with Crippen molar-refractivity contribution in [2.24, 2.45) is 0 Å². The van der Waals surface area contributed by atoms with Crippen LogP contribution in [-0.4, -0.2) is 47.2 Å². The minimum Gasteiger partial charge on any atom is -0.494 e. The molecule has 2 heterocycles. The van der Waals surface area contributed by atoms with Gasteiger partial charge in [0.15, 0.2) is 0 Å². The number of carbonyl (C=O) groups excluding carboxylic acids is 3. The summed E-state index contributed by atoms with van der Waals surface area (Å²) in [6, 6.07) is 13.1. The van der Waals surface area contributed by atoms with E-state index in [4.69, 9.17) is 4.74 Å². The Kier molecular flexibility index (Phi) is 7.78. The molecule has 2 aromatic carbocycles. The number of imide groups is 1. The van der Waals surface area contributed by atoms with E-state index in [1.165, 1.54) is 11.3 Å². The number of anilines is 2. The van der Waals surface area contributed by atoms with Gasteiger partial charge in [0, 0.05) is 23.5 Å². The maximum atomic E-state index is 13.0. The van der Waals surface area contributed by atoms with Crippen molar-refractivity contribution in [3.63, 3.8) is 0 Å². The number of rotatable bonds is 8. The number of nitrogens with one attached hydrogen (secondary N) is 1. The van der Waals surface area contributed by atoms with Gasteiger partial charge in [-0.15, -0.1) is 0 Å². The Morgan fingerprint density at radius 2 is 1.84 bits per heavy atom. The third-order valence-electron chi connectivity index (χ3n) is 6.37. The van der Waals surface area contributed by atoms with Crippen LogP contribution in [0.25, 0.3) is 11.6 Å². The number of amides is 3. The second kappa shape index (κ2) is 10.8. The van der Waals surface area contributed by atoms with Gasteiger partial charge in [-0.25, -0.2) is 0 Å². The number of nitrogens with zero attached hydrogens (tertiary/aromatic N) is 2. The van der Waals surface area contributed by atoms with Crippen LogP contribution >= 0.6 is 11.8 Å². The minimum atomic E-state index is -0.462. The fraction of sp³-hybridized carbons (Fsp3) is 0.345. The molecule has 1 fully saturated rings. The number of hydrogen-bond acceptors (Lipinski definition) is 6. The molecule has 0 aromatic heterocycles. The largest absolute Gasteiger partial charge is 0.494 e. The van der Waals surface area contributed by atoms with Crippen molar-refractivity contribution in [1.29, 1.82) is 0 Å². The molecule has 2 aromatic rings. The fourth-order valence-electron chi connectivity index (χ4n) is 4.76. The van der Waals surface area contributed by atoms with Gasteiger partial charge < -0.3 is 15.0 Å². The molecule has 0 unspecified atom stereocenters. The Hall–Kier alpha value is -3.52. The average molecular weight is 520 g/mol. The number of benzene rings is 2.